The molecule has 50 valence electrons. The van der Waals surface area contributed by atoms with Gasteiger partial charge in [-0.25, -0.2) is 4.79 Å². The van der Waals surface area contributed by atoms with Crippen molar-refractivity contribution in [3.8, 4) is 12.1 Å². The fourth-order valence-electron chi connectivity index (χ4n) is 0.233. The standard InChI is InChI=1S/C5H4N4O/c6-1-4(2-7)3-9-5(8)10/h3H,(H3,8,9,10). The van der Waals surface area contributed by atoms with Crippen LogP contribution in [-0.4, -0.2) is 6.03 Å². The summed E-state index contributed by atoms with van der Waals surface area (Å²) in [7, 11) is 0. The number of hydrogen-bond acceptors (Lipinski definition) is 3. The third kappa shape index (κ3) is 3.05. The molecule has 0 aliphatic rings. The van der Waals surface area contributed by atoms with E-state index in [1.807, 2.05) is 5.32 Å². The second kappa shape index (κ2) is 3.93. The predicted molar refractivity (Wildman–Crippen MR) is 32.0 cm³/mol. The molecule has 0 bridgehead atoms. The van der Waals surface area contributed by atoms with Crippen molar-refractivity contribution in [1.82, 2.24) is 5.32 Å². The molecule has 0 aliphatic heterocycles. The van der Waals surface area contributed by atoms with Gasteiger partial charge in [-0.2, -0.15) is 10.5 Å². The van der Waals surface area contributed by atoms with Gasteiger partial charge in [-0.3, -0.25) is 0 Å². The van der Waals surface area contributed by atoms with Crippen LogP contribution in [0.1, 0.15) is 0 Å². The van der Waals surface area contributed by atoms with E-state index in [0.717, 1.165) is 6.20 Å². The van der Waals surface area contributed by atoms with Crippen molar-refractivity contribution in [3.05, 3.63) is 11.8 Å². The number of urea groups is 1. The van der Waals surface area contributed by atoms with Gasteiger partial charge in [-0.15, -0.1) is 0 Å². The summed E-state index contributed by atoms with van der Waals surface area (Å²) in [6, 6.07) is 2.27. The van der Waals surface area contributed by atoms with Gasteiger partial charge in [0.2, 0.25) is 0 Å². The van der Waals surface area contributed by atoms with Gasteiger partial charge in [0.1, 0.15) is 17.7 Å². The number of nitriles is 2. The highest BCUT2D eigenvalue weighted by molar-refractivity contribution is 5.73. The first-order valence-electron chi connectivity index (χ1n) is 2.27. The summed E-state index contributed by atoms with van der Waals surface area (Å²) in [6.45, 7) is 0. The number of carbonyl (C=O) groups is 1. The number of nitrogens with two attached hydrogens (primary N) is 1. The summed E-state index contributed by atoms with van der Waals surface area (Å²) in [5.74, 6) is 0. The summed E-state index contributed by atoms with van der Waals surface area (Å²) < 4.78 is 0. The highest BCUT2D eigenvalue weighted by Gasteiger charge is 1.90. The topological polar surface area (TPSA) is 103 Å². The van der Waals surface area contributed by atoms with Crippen LogP contribution in [-0.2, 0) is 0 Å². The minimum absolute atomic E-state index is 0.196. The summed E-state index contributed by atoms with van der Waals surface area (Å²) in [5.41, 5.74) is 4.44. The lowest BCUT2D eigenvalue weighted by Gasteiger charge is -1.87. The van der Waals surface area contributed by atoms with E-state index in [2.05, 4.69) is 5.73 Å². The Bertz CT molecular complexity index is 225. The highest BCUT2D eigenvalue weighted by atomic mass is 16.2. The van der Waals surface area contributed by atoms with Crippen LogP contribution >= 0.6 is 0 Å². The van der Waals surface area contributed by atoms with Crippen molar-refractivity contribution in [3.63, 3.8) is 0 Å². The lowest BCUT2D eigenvalue weighted by Crippen LogP contribution is -2.24. The number of carbonyl (C=O) groups excluding carboxylic acids is 1. The van der Waals surface area contributed by atoms with E-state index in [-0.39, 0.29) is 5.57 Å². The molecule has 0 aromatic heterocycles. The Morgan fingerprint density at radius 2 is 2.00 bits per heavy atom. The second-order valence-electron chi connectivity index (χ2n) is 1.29. The molecule has 0 aliphatic carbocycles. The molecule has 0 fully saturated rings. The molecule has 10 heavy (non-hydrogen) atoms. The molecule has 0 rings (SSSR count). The van der Waals surface area contributed by atoms with Crippen LogP contribution in [0, 0.1) is 22.7 Å². The van der Waals surface area contributed by atoms with Gasteiger partial charge in [-0.1, -0.05) is 0 Å². The minimum Gasteiger partial charge on any atom is -0.351 e. The Balaban J connectivity index is 4.07. The van der Waals surface area contributed by atoms with Gasteiger partial charge < -0.3 is 11.1 Å². The third-order valence-electron chi connectivity index (χ3n) is 0.600. The predicted octanol–water partition coefficient (Wildman–Crippen LogP) is -0.414. The molecule has 0 aromatic carbocycles. The van der Waals surface area contributed by atoms with E-state index in [4.69, 9.17) is 10.5 Å². The Kier molecular flexibility index (Phi) is 3.14. The molecule has 0 unspecified atom stereocenters. The van der Waals surface area contributed by atoms with E-state index in [1.165, 1.54) is 12.1 Å². The molecule has 2 amide bonds. The number of nitrogens with zero attached hydrogens (tertiary/aromatic N) is 2. The van der Waals surface area contributed by atoms with Gasteiger partial charge >= 0.3 is 6.03 Å². The summed E-state index contributed by atoms with van der Waals surface area (Å²) in [6.07, 6.45) is 0.947. The second-order valence-corrected chi connectivity index (χ2v) is 1.29. The molecule has 0 aromatic rings. The lowest BCUT2D eigenvalue weighted by molar-refractivity contribution is 0.252. The van der Waals surface area contributed by atoms with Gasteiger partial charge in [-0.05, 0) is 0 Å². The van der Waals surface area contributed by atoms with Crippen LogP contribution in [0.25, 0.3) is 0 Å². The van der Waals surface area contributed by atoms with Crippen LogP contribution in [0.15, 0.2) is 11.8 Å². The smallest absolute Gasteiger partial charge is 0.316 e. The maximum Gasteiger partial charge on any atom is 0.316 e. The van der Waals surface area contributed by atoms with Crippen molar-refractivity contribution >= 4 is 6.03 Å². The largest absolute Gasteiger partial charge is 0.351 e. The molecule has 0 saturated carbocycles. The van der Waals surface area contributed by atoms with Crippen LogP contribution < -0.4 is 11.1 Å². The molecular weight excluding hydrogens is 132 g/mol. The molecule has 0 saturated heterocycles. The maximum absolute atomic E-state index is 9.98. The van der Waals surface area contributed by atoms with Crippen molar-refractivity contribution in [2.24, 2.45) is 5.73 Å². The Hall–Kier alpha value is -2.01. The number of hydrogen-bond donors (Lipinski definition) is 2. The molecule has 0 spiro atoms. The molecule has 0 heterocycles. The SMILES string of the molecule is N#CC(C#N)=CNC(N)=O. The van der Waals surface area contributed by atoms with Crippen LogP contribution in [0.3, 0.4) is 0 Å². The highest BCUT2D eigenvalue weighted by Crippen LogP contribution is 1.83. The first kappa shape index (κ1) is 7.99. The maximum atomic E-state index is 9.98. The number of allylic oxidation sites excluding steroid dienone is 1. The van der Waals surface area contributed by atoms with Gasteiger partial charge in [0.15, 0.2) is 0 Å². The Morgan fingerprint density at radius 3 is 2.30 bits per heavy atom. The zero-order valence-electron chi connectivity index (χ0n) is 4.96. The fourth-order valence-corrected chi connectivity index (χ4v) is 0.233. The quantitative estimate of drug-likeness (QED) is 0.478. The van der Waals surface area contributed by atoms with Crippen LogP contribution in [0.2, 0.25) is 0 Å². The molecule has 0 atom stereocenters. The van der Waals surface area contributed by atoms with E-state index >= 15 is 0 Å². The fraction of sp³-hybridized carbons (Fsp3) is 0. The van der Waals surface area contributed by atoms with Gasteiger partial charge in [0.25, 0.3) is 0 Å². The normalized spacial score (nSPS) is 6.60. The monoisotopic (exact) mass is 136 g/mol. The van der Waals surface area contributed by atoms with E-state index in [0.29, 0.717) is 0 Å². The van der Waals surface area contributed by atoms with E-state index in [1.54, 1.807) is 0 Å². The average Bonchev–Trinajstić information content (AvgIpc) is 1.90. The first-order valence-corrected chi connectivity index (χ1v) is 2.27. The summed E-state index contributed by atoms with van der Waals surface area (Å²) >= 11 is 0. The lowest BCUT2D eigenvalue weighted by atomic mass is 10.4. The molecular formula is C5H4N4O. The van der Waals surface area contributed by atoms with E-state index < -0.39 is 6.03 Å². The summed E-state index contributed by atoms with van der Waals surface area (Å²) in [5, 5.41) is 18.2. The van der Waals surface area contributed by atoms with Crippen LogP contribution in [0.4, 0.5) is 4.79 Å². The minimum atomic E-state index is -0.803. The summed E-state index contributed by atoms with van der Waals surface area (Å²) in [4.78, 5) is 9.98. The van der Waals surface area contributed by atoms with Crippen LogP contribution in [0.5, 0.6) is 0 Å². The number of rotatable bonds is 1. The molecule has 3 N–H and O–H groups in total. The van der Waals surface area contributed by atoms with Crippen molar-refractivity contribution in [2.75, 3.05) is 0 Å². The van der Waals surface area contributed by atoms with Gasteiger partial charge in [0, 0.05) is 6.20 Å². The molecule has 5 nitrogen and oxygen atoms in total. The van der Waals surface area contributed by atoms with E-state index in [9.17, 15) is 4.79 Å². The van der Waals surface area contributed by atoms with Crippen molar-refractivity contribution in [2.45, 2.75) is 0 Å². The molecule has 0 radical (unpaired) electrons. The number of amides is 2. The Morgan fingerprint density at radius 1 is 1.50 bits per heavy atom. The third-order valence-corrected chi connectivity index (χ3v) is 0.600. The molecule has 5 heteroatoms. The zero-order valence-corrected chi connectivity index (χ0v) is 4.96. The first-order chi connectivity index (χ1) is 4.70. The average molecular weight is 136 g/mol. The van der Waals surface area contributed by atoms with Crippen molar-refractivity contribution < 1.29 is 4.79 Å². The zero-order chi connectivity index (χ0) is 7.98. The number of primary amides is 1. The number of nitrogens with one attached hydrogen (secondary N) is 1. The van der Waals surface area contributed by atoms with Crippen molar-refractivity contribution in [1.29, 1.82) is 10.5 Å². The van der Waals surface area contributed by atoms with Gasteiger partial charge in [0.05, 0.1) is 0 Å². The Labute approximate surface area is 57.3 Å².